The molecule has 8 nitrogen and oxygen atoms in total. The molecule has 8 heteroatoms. The number of nitrogens with two attached hydrogens (primary N) is 1. The van der Waals surface area contributed by atoms with Crippen LogP contribution in [0.2, 0.25) is 0 Å². The number of esters is 2. The molecule has 4 rings (SSSR count). The number of unbranched alkanes of at least 4 members (excludes halogenated alkanes) is 8. The van der Waals surface area contributed by atoms with E-state index in [1.807, 2.05) is 43.3 Å². The van der Waals surface area contributed by atoms with E-state index in [4.69, 9.17) is 29.4 Å². The Morgan fingerprint density at radius 1 is 0.608 bits per heavy atom. The molecule has 0 bridgehead atoms. The van der Waals surface area contributed by atoms with E-state index < -0.39 is 11.9 Å². The van der Waals surface area contributed by atoms with Crippen molar-refractivity contribution in [1.82, 2.24) is 0 Å². The van der Waals surface area contributed by atoms with Gasteiger partial charge in [-0.25, -0.2) is 9.59 Å². The molecule has 0 saturated carbocycles. The summed E-state index contributed by atoms with van der Waals surface area (Å²) in [5.41, 5.74) is 8.35. The number of hydrogen-bond donors (Lipinski definition) is 1. The molecule has 1 atom stereocenters. The van der Waals surface area contributed by atoms with E-state index in [1.54, 1.807) is 48.5 Å². The number of ether oxygens (including phenoxy) is 5. The summed E-state index contributed by atoms with van der Waals surface area (Å²) >= 11 is 0. The molecule has 0 spiro atoms. The molecule has 0 amide bonds. The summed E-state index contributed by atoms with van der Waals surface area (Å²) in [6, 6.07) is 21.5. The minimum atomic E-state index is -0.458. The molecular weight excluding hydrogens is 642 g/mol. The zero-order valence-electron chi connectivity index (χ0n) is 30.4. The Bertz CT molecular complexity index is 1530. The monoisotopic (exact) mass is 697 g/mol. The molecule has 0 aromatic heterocycles. The first kappa shape index (κ1) is 39.4. The van der Waals surface area contributed by atoms with Crippen LogP contribution in [-0.2, 0) is 14.3 Å². The lowest BCUT2D eigenvalue weighted by atomic mass is 10.0. The van der Waals surface area contributed by atoms with Crippen molar-refractivity contribution in [1.29, 1.82) is 0 Å². The van der Waals surface area contributed by atoms with Crippen LogP contribution >= 0.6 is 0 Å². The van der Waals surface area contributed by atoms with Crippen LogP contribution in [-0.4, -0.2) is 44.4 Å². The maximum absolute atomic E-state index is 13.4. The molecule has 274 valence electrons. The van der Waals surface area contributed by atoms with Gasteiger partial charge in [0.05, 0.1) is 30.5 Å². The lowest BCUT2D eigenvalue weighted by Gasteiger charge is -2.22. The lowest BCUT2D eigenvalue weighted by molar-refractivity contribution is -0.130. The molecular formula is C43H55NO7. The summed E-state index contributed by atoms with van der Waals surface area (Å²) < 4.78 is 29.2. The average Bonchev–Trinajstić information content (AvgIpc) is 3.16. The molecule has 1 aliphatic carbocycles. The molecule has 3 aromatic carbocycles. The molecule has 0 aliphatic heterocycles. The fourth-order valence-corrected chi connectivity index (χ4v) is 5.65. The van der Waals surface area contributed by atoms with Gasteiger partial charge in [-0.3, -0.25) is 0 Å². The van der Waals surface area contributed by atoms with E-state index in [0.717, 1.165) is 55.4 Å². The van der Waals surface area contributed by atoms with Gasteiger partial charge >= 0.3 is 11.9 Å². The topological polar surface area (TPSA) is 106 Å². The van der Waals surface area contributed by atoms with Crippen molar-refractivity contribution in [2.24, 2.45) is 5.73 Å². The summed E-state index contributed by atoms with van der Waals surface area (Å²) in [6.45, 7) is 6.79. The van der Waals surface area contributed by atoms with Gasteiger partial charge in [-0.05, 0) is 104 Å². The minimum absolute atomic E-state index is 0.129. The summed E-state index contributed by atoms with van der Waals surface area (Å²) in [5, 5.41) is 0. The Hall–Kier alpha value is -4.40. The van der Waals surface area contributed by atoms with Gasteiger partial charge < -0.3 is 29.4 Å². The summed E-state index contributed by atoms with van der Waals surface area (Å²) in [6.07, 6.45) is 16.4. The second-order valence-corrected chi connectivity index (χ2v) is 12.8. The fraction of sp³-hybridized carbons (Fsp3) is 0.442. The maximum Gasteiger partial charge on any atom is 0.346 e. The SMILES string of the molecule is CCCCCCCCOC1C=C(OCCCCCCN)C(C(=O)Oc2ccc(-c3ccc(OC(=O)c4ccc(OCCC)cc4)cc3)cc2)=CC1. The Balaban J connectivity index is 1.30. The summed E-state index contributed by atoms with van der Waals surface area (Å²) in [4.78, 5) is 26.0. The highest BCUT2D eigenvalue weighted by atomic mass is 16.5. The standard InChI is InChI=1S/C43H55NO7/c1-3-5-6-7-9-12-30-48-39-26-27-40(41(32-39)49-31-13-10-8-11-28-44)43(46)51-38-24-16-34(17-25-38)33-14-22-37(23-15-33)50-42(45)35-18-20-36(21-19-35)47-29-4-2/h14-25,27,32,39H,3-13,26,28-31,44H2,1-2H3. The maximum atomic E-state index is 13.4. The van der Waals surface area contributed by atoms with Gasteiger partial charge in [0.15, 0.2) is 0 Å². The Kier molecular flexibility index (Phi) is 17.3. The molecule has 0 fully saturated rings. The van der Waals surface area contributed by atoms with E-state index in [0.29, 0.717) is 61.2 Å². The van der Waals surface area contributed by atoms with Gasteiger partial charge in [0, 0.05) is 6.61 Å². The van der Waals surface area contributed by atoms with Gasteiger partial charge in [0.1, 0.15) is 23.0 Å². The third-order valence-corrected chi connectivity index (χ3v) is 8.59. The van der Waals surface area contributed by atoms with Crippen LogP contribution in [0.25, 0.3) is 11.1 Å². The number of hydrogen-bond acceptors (Lipinski definition) is 8. The van der Waals surface area contributed by atoms with Crippen LogP contribution in [0, 0.1) is 0 Å². The van der Waals surface area contributed by atoms with Gasteiger partial charge in [-0.15, -0.1) is 0 Å². The first-order valence-electron chi connectivity index (χ1n) is 18.7. The third-order valence-electron chi connectivity index (χ3n) is 8.59. The molecule has 51 heavy (non-hydrogen) atoms. The quantitative estimate of drug-likeness (QED) is 0.0593. The number of rotatable bonds is 23. The van der Waals surface area contributed by atoms with E-state index in [-0.39, 0.29) is 6.10 Å². The third kappa shape index (κ3) is 13.7. The van der Waals surface area contributed by atoms with Gasteiger partial charge in [0.2, 0.25) is 0 Å². The van der Waals surface area contributed by atoms with E-state index >= 15 is 0 Å². The molecule has 2 N–H and O–H groups in total. The zero-order valence-corrected chi connectivity index (χ0v) is 30.4. The highest BCUT2D eigenvalue weighted by Crippen LogP contribution is 2.28. The first-order chi connectivity index (χ1) is 25.0. The van der Waals surface area contributed by atoms with E-state index in [1.165, 1.54) is 32.1 Å². The Morgan fingerprint density at radius 2 is 1.18 bits per heavy atom. The highest BCUT2D eigenvalue weighted by Gasteiger charge is 2.25. The van der Waals surface area contributed by atoms with Crippen LogP contribution in [0.15, 0.2) is 96.3 Å². The molecule has 3 aromatic rings. The molecule has 0 heterocycles. The average molecular weight is 698 g/mol. The highest BCUT2D eigenvalue weighted by molar-refractivity contribution is 5.94. The van der Waals surface area contributed by atoms with Crippen LogP contribution in [0.4, 0.5) is 0 Å². The smallest absolute Gasteiger partial charge is 0.346 e. The van der Waals surface area contributed by atoms with Crippen molar-refractivity contribution in [2.45, 2.75) is 97.0 Å². The Labute approximate surface area is 304 Å². The normalized spacial score (nSPS) is 14.0. The van der Waals surface area contributed by atoms with Gasteiger partial charge in [-0.1, -0.05) is 89.1 Å². The molecule has 1 aliphatic rings. The van der Waals surface area contributed by atoms with Crippen molar-refractivity contribution in [2.75, 3.05) is 26.4 Å². The van der Waals surface area contributed by atoms with Crippen molar-refractivity contribution in [3.8, 4) is 28.4 Å². The van der Waals surface area contributed by atoms with Crippen molar-refractivity contribution in [3.05, 3.63) is 102 Å². The van der Waals surface area contributed by atoms with Gasteiger partial charge in [-0.2, -0.15) is 0 Å². The lowest BCUT2D eigenvalue weighted by Crippen LogP contribution is -2.22. The predicted molar refractivity (Wildman–Crippen MR) is 202 cm³/mol. The largest absolute Gasteiger partial charge is 0.494 e. The van der Waals surface area contributed by atoms with Crippen LogP contribution < -0.4 is 19.9 Å². The van der Waals surface area contributed by atoms with Crippen LogP contribution in [0.5, 0.6) is 17.2 Å². The Morgan fingerprint density at radius 3 is 1.80 bits per heavy atom. The number of carbonyl (C=O) groups excluding carboxylic acids is 2. The van der Waals surface area contributed by atoms with Gasteiger partial charge in [0.25, 0.3) is 0 Å². The zero-order chi connectivity index (χ0) is 36.1. The molecule has 0 radical (unpaired) electrons. The van der Waals surface area contributed by atoms with Crippen molar-refractivity contribution < 1.29 is 33.3 Å². The van der Waals surface area contributed by atoms with Crippen LogP contribution in [0.1, 0.15) is 101 Å². The number of benzene rings is 3. The second kappa shape index (κ2) is 22.4. The van der Waals surface area contributed by atoms with E-state index in [9.17, 15) is 9.59 Å². The minimum Gasteiger partial charge on any atom is -0.494 e. The van der Waals surface area contributed by atoms with Crippen molar-refractivity contribution >= 4 is 11.9 Å². The van der Waals surface area contributed by atoms with Crippen molar-refractivity contribution in [3.63, 3.8) is 0 Å². The molecule has 0 saturated heterocycles. The molecule has 1 unspecified atom stereocenters. The number of carbonyl (C=O) groups is 2. The van der Waals surface area contributed by atoms with Crippen LogP contribution in [0.3, 0.4) is 0 Å². The summed E-state index contributed by atoms with van der Waals surface area (Å²) in [7, 11) is 0. The second-order valence-electron chi connectivity index (χ2n) is 12.8. The predicted octanol–water partition coefficient (Wildman–Crippen LogP) is 9.76. The summed E-state index contributed by atoms with van der Waals surface area (Å²) in [5.74, 6) is 1.22. The first-order valence-corrected chi connectivity index (χ1v) is 18.7. The van der Waals surface area contributed by atoms with E-state index in [2.05, 4.69) is 6.92 Å². The fourth-order valence-electron chi connectivity index (χ4n) is 5.65.